The predicted molar refractivity (Wildman–Crippen MR) is 85.4 cm³/mol. The van der Waals surface area contributed by atoms with Crippen molar-refractivity contribution in [2.45, 2.75) is 33.2 Å². The Balaban J connectivity index is 2.02. The summed E-state index contributed by atoms with van der Waals surface area (Å²) < 4.78 is 2.04. The van der Waals surface area contributed by atoms with Crippen LogP contribution in [0.4, 0.5) is 0 Å². The molecule has 0 saturated carbocycles. The summed E-state index contributed by atoms with van der Waals surface area (Å²) in [4.78, 5) is 12.4. The number of nitrogens with one attached hydrogen (secondary N) is 1. The minimum atomic E-state index is 0.618. The second-order valence-corrected chi connectivity index (χ2v) is 5.64. The first kappa shape index (κ1) is 14.8. The molecule has 110 valence electrons. The van der Waals surface area contributed by atoms with Crippen LogP contribution in [0.2, 0.25) is 0 Å². The van der Waals surface area contributed by atoms with Crippen LogP contribution in [0, 0.1) is 0 Å². The van der Waals surface area contributed by atoms with Crippen molar-refractivity contribution in [1.29, 1.82) is 0 Å². The van der Waals surface area contributed by atoms with Crippen LogP contribution in [0.5, 0.6) is 0 Å². The van der Waals surface area contributed by atoms with Gasteiger partial charge in [0.1, 0.15) is 0 Å². The molecule has 0 aliphatic heterocycles. The average molecular weight is 293 g/mol. The Kier molecular flexibility index (Phi) is 5.40. The summed E-state index contributed by atoms with van der Waals surface area (Å²) in [5.74, 6) is 0.956. The number of unbranched alkanes of at least 4 members (excludes halogenated alkanes) is 1. The van der Waals surface area contributed by atoms with Gasteiger partial charge in [0.2, 0.25) is 0 Å². The highest BCUT2D eigenvalue weighted by molar-refractivity contribution is 7.15. The second-order valence-electron chi connectivity index (χ2n) is 4.77. The zero-order valence-corrected chi connectivity index (χ0v) is 13.3. The Bertz CT molecular complexity index is 528. The molecular formula is C14H23N5S. The van der Waals surface area contributed by atoms with Crippen molar-refractivity contribution >= 4 is 22.3 Å². The first-order valence-electron chi connectivity index (χ1n) is 7.15. The van der Waals surface area contributed by atoms with Gasteiger partial charge in [0.25, 0.3) is 0 Å². The summed E-state index contributed by atoms with van der Waals surface area (Å²) in [6.07, 6.45) is 6.45. The van der Waals surface area contributed by atoms with E-state index < -0.39 is 0 Å². The summed E-state index contributed by atoms with van der Waals surface area (Å²) in [6, 6.07) is 0. The standard InChI is InChI=1S/C14H23N5S/c1-4-6-7-18(3)13(15-5-2)16-10-12-11-19-8-9-20-14(19)17-12/h8-9,11H,4-7,10H2,1-3H3,(H,15,16). The molecule has 2 rings (SSSR count). The summed E-state index contributed by atoms with van der Waals surface area (Å²) in [6.45, 7) is 6.83. The molecule has 2 aromatic heterocycles. The van der Waals surface area contributed by atoms with E-state index >= 15 is 0 Å². The first-order chi connectivity index (χ1) is 9.74. The van der Waals surface area contributed by atoms with Gasteiger partial charge in [-0.15, -0.1) is 11.3 Å². The number of nitrogens with zero attached hydrogens (tertiary/aromatic N) is 4. The molecule has 0 radical (unpaired) electrons. The topological polar surface area (TPSA) is 44.9 Å². The third-order valence-corrected chi connectivity index (χ3v) is 3.85. The molecule has 0 spiro atoms. The number of rotatable bonds is 6. The van der Waals surface area contributed by atoms with E-state index in [0.29, 0.717) is 6.54 Å². The summed E-state index contributed by atoms with van der Waals surface area (Å²) >= 11 is 1.65. The second kappa shape index (κ2) is 7.28. The van der Waals surface area contributed by atoms with Crippen LogP contribution < -0.4 is 5.32 Å². The van der Waals surface area contributed by atoms with E-state index in [0.717, 1.165) is 29.7 Å². The quantitative estimate of drug-likeness (QED) is 0.658. The van der Waals surface area contributed by atoms with Crippen molar-refractivity contribution < 1.29 is 0 Å². The maximum atomic E-state index is 4.67. The van der Waals surface area contributed by atoms with Crippen LogP contribution in [-0.4, -0.2) is 40.4 Å². The average Bonchev–Trinajstić information content (AvgIpc) is 3.01. The largest absolute Gasteiger partial charge is 0.357 e. The minimum absolute atomic E-state index is 0.618. The molecule has 0 unspecified atom stereocenters. The lowest BCUT2D eigenvalue weighted by Crippen LogP contribution is -2.39. The van der Waals surface area contributed by atoms with Crippen molar-refractivity contribution in [3.05, 3.63) is 23.5 Å². The van der Waals surface area contributed by atoms with E-state index in [9.17, 15) is 0 Å². The molecular weight excluding hydrogens is 270 g/mol. The van der Waals surface area contributed by atoms with Crippen LogP contribution in [0.15, 0.2) is 22.8 Å². The van der Waals surface area contributed by atoms with Crippen LogP contribution in [0.3, 0.4) is 0 Å². The third kappa shape index (κ3) is 3.72. The van der Waals surface area contributed by atoms with Gasteiger partial charge in [0.05, 0.1) is 12.2 Å². The number of guanidine groups is 1. The fourth-order valence-corrected chi connectivity index (χ4v) is 2.70. The Hall–Kier alpha value is -1.56. The minimum Gasteiger partial charge on any atom is -0.357 e. The van der Waals surface area contributed by atoms with Crippen LogP contribution in [-0.2, 0) is 6.54 Å². The fourth-order valence-electron chi connectivity index (χ4n) is 1.98. The third-order valence-electron chi connectivity index (χ3n) is 3.08. The number of hydrogen-bond donors (Lipinski definition) is 1. The molecule has 0 amide bonds. The van der Waals surface area contributed by atoms with Gasteiger partial charge in [-0.05, 0) is 13.3 Å². The Morgan fingerprint density at radius 3 is 3.05 bits per heavy atom. The highest BCUT2D eigenvalue weighted by Crippen LogP contribution is 2.11. The van der Waals surface area contributed by atoms with E-state index in [1.165, 1.54) is 12.8 Å². The van der Waals surface area contributed by atoms with E-state index in [-0.39, 0.29) is 0 Å². The smallest absolute Gasteiger partial charge is 0.194 e. The van der Waals surface area contributed by atoms with Gasteiger partial charge < -0.3 is 10.2 Å². The van der Waals surface area contributed by atoms with Gasteiger partial charge in [-0.25, -0.2) is 9.98 Å². The maximum Gasteiger partial charge on any atom is 0.194 e. The number of imidazole rings is 1. The van der Waals surface area contributed by atoms with Gasteiger partial charge in [0, 0.05) is 37.9 Å². The lowest BCUT2D eigenvalue weighted by atomic mass is 10.3. The van der Waals surface area contributed by atoms with Gasteiger partial charge in [-0.3, -0.25) is 4.40 Å². The van der Waals surface area contributed by atoms with Crippen molar-refractivity contribution in [2.75, 3.05) is 20.1 Å². The molecule has 6 heteroatoms. The Morgan fingerprint density at radius 2 is 2.35 bits per heavy atom. The van der Waals surface area contributed by atoms with Gasteiger partial charge >= 0.3 is 0 Å². The van der Waals surface area contributed by atoms with Crippen molar-refractivity contribution in [3.8, 4) is 0 Å². The number of aliphatic imine (C=N–C) groups is 1. The maximum absolute atomic E-state index is 4.67. The lowest BCUT2D eigenvalue weighted by molar-refractivity contribution is 0.464. The molecule has 0 aliphatic carbocycles. The van der Waals surface area contributed by atoms with E-state index in [1.54, 1.807) is 11.3 Å². The van der Waals surface area contributed by atoms with E-state index in [4.69, 9.17) is 0 Å². The molecule has 0 atom stereocenters. The fraction of sp³-hybridized carbons (Fsp3) is 0.571. The molecule has 1 N–H and O–H groups in total. The van der Waals surface area contributed by atoms with Crippen LogP contribution >= 0.6 is 11.3 Å². The zero-order valence-electron chi connectivity index (χ0n) is 12.5. The van der Waals surface area contributed by atoms with Gasteiger partial charge in [-0.2, -0.15) is 0 Å². The van der Waals surface area contributed by atoms with Gasteiger partial charge in [-0.1, -0.05) is 13.3 Å². The summed E-state index contributed by atoms with van der Waals surface area (Å²) in [7, 11) is 2.09. The SMILES string of the molecule is CCCCN(C)C(=NCc1cn2ccsc2n1)NCC. The summed E-state index contributed by atoms with van der Waals surface area (Å²) in [5, 5.41) is 5.37. The normalized spacial score (nSPS) is 12.1. The highest BCUT2D eigenvalue weighted by atomic mass is 32.1. The molecule has 0 fully saturated rings. The van der Waals surface area contributed by atoms with Crippen LogP contribution in [0.25, 0.3) is 4.96 Å². The van der Waals surface area contributed by atoms with Crippen molar-refractivity contribution in [1.82, 2.24) is 19.6 Å². The molecule has 0 aromatic carbocycles. The number of thiazole rings is 1. The number of aromatic nitrogens is 2. The molecule has 0 saturated heterocycles. The molecule has 0 aliphatic rings. The summed E-state index contributed by atoms with van der Waals surface area (Å²) in [5.41, 5.74) is 1.01. The predicted octanol–water partition coefficient (Wildman–Crippen LogP) is 2.59. The molecule has 20 heavy (non-hydrogen) atoms. The molecule has 2 heterocycles. The Labute approximate surface area is 124 Å². The van der Waals surface area contributed by atoms with E-state index in [2.05, 4.69) is 41.1 Å². The van der Waals surface area contributed by atoms with E-state index in [1.807, 2.05) is 22.2 Å². The van der Waals surface area contributed by atoms with Gasteiger partial charge in [0.15, 0.2) is 10.9 Å². The first-order valence-corrected chi connectivity index (χ1v) is 8.03. The highest BCUT2D eigenvalue weighted by Gasteiger charge is 2.06. The zero-order chi connectivity index (χ0) is 14.4. The lowest BCUT2D eigenvalue weighted by Gasteiger charge is -2.21. The molecule has 0 bridgehead atoms. The molecule has 2 aromatic rings. The number of hydrogen-bond acceptors (Lipinski definition) is 3. The number of fused-ring (bicyclic) bond motifs is 1. The Morgan fingerprint density at radius 1 is 1.50 bits per heavy atom. The van der Waals surface area contributed by atoms with Crippen molar-refractivity contribution in [3.63, 3.8) is 0 Å². The van der Waals surface area contributed by atoms with Crippen LogP contribution in [0.1, 0.15) is 32.4 Å². The molecule has 5 nitrogen and oxygen atoms in total. The monoisotopic (exact) mass is 293 g/mol. The van der Waals surface area contributed by atoms with Crippen molar-refractivity contribution in [2.24, 2.45) is 4.99 Å².